The summed E-state index contributed by atoms with van der Waals surface area (Å²) in [6.45, 7) is 2.15. The van der Waals surface area contributed by atoms with E-state index in [1.807, 2.05) is 30.6 Å². The summed E-state index contributed by atoms with van der Waals surface area (Å²) >= 11 is 0. The van der Waals surface area contributed by atoms with Gasteiger partial charge < -0.3 is 5.32 Å². The Balaban J connectivity index is 1.72. The van der Waals surface area contributed by atoms with Crippen molar-refractivity contribution in [1.29, 1.82) is 0 Å². The Morgan fingerprint density at radius 1 is 1.14 bits per heavy atom. The van der Waals surface area contributed by atoms with Gasteiger partial charge in [-0.15, -0.1) is 0 Å². The molecule has 1 saturated carbocycles. The van der Waals surface area contributed by atoms with E-state index >= 15 is 0 Å². The molecule has 0 unspecified atom stereocenters. The maximum Gasteiger partial charge on any atom is 0.123 e. The molecule has 2 aromatic rings. The first-order valence-corrected chi connectivity index (χ1v) is 8.15. The van der Waals surface area contributed by atoms with Gasteiger partial charge in [0.05, 0.1) is 0 Å². The molecule has 0 amide bonds. The van der Waals surface area contributed by atoms with Gasteiger partial charge in [0, 0.05) is 30.4 Å². The highest BCUT2D eigenvalue weighted by Gasteiger charge is 2.27. The van der Waals surface area contributed by atoms with Gasteiger partial charge in [-0.3, -0.25) is 4.98 Å². The molecular formula is C19H23FN2. The van der Waals surface area contributed by atoms with Crippen LogP contribution in [-0.4, -0.2) is 11.0 Å². The maximum absolute atomic E-state index is 13.1. The van der Waals surface area contributed by atoms with Crippen molar-refractivity contribution >= 4 is 0 Å². The van der Waals surface area contributed by atoms with Crippen LogP contribution in [-0.2, 0) is 0 Å². The first kappa shape index (κ1) is 15.2. The van der Waals surface area contributed by atoms with E-state index in [2.05, 4.69) is 23.3 Å². The molecule has 1 aromatic heterocycles. The molecule has 0 bridgehead atoms. The monoisotopic (exact) mass is 298 g/mol. The number of benzene rings is 1. The van der Waals surface area contributed by atoms with Gasteiger partial charge in [0.15, 0.2) is 0 Å². The fraction of sp³-hybridized carbons (Fsp3) is 0.421. The van der Waals surface area contributed by atoms with Crippen molar-refractivity contribution in [1.82, 2.24) is 10.3 Å². The van der Waals surface area contributed by atoms with Gasteiger partial charge in [-0.25, -0.2) is 4.39 Å². The summed E-state index contributed by atoms with van der Waals surface area (Å²) in [6.07, 6.45) is 8.76. The second-order valence-corrected chi connectivity index (χ2v) is 6.22. The number of aromatic nitrogens is 1. The van der Waals surface area contributed by atoms with Crippen LogP contribution < -0.4 is 5.32 Å². The van der Waals surface area contributed by atoms with Crippen LogP contribution in [0.5, 0.6) is 0 Å². The Labute approximate surface area is 131 Å². The number of pyridine rings is 1. The zero-order chi connectivity index (χ0) is 15.4. The van der Waals surface area contributed by atoms with Gasteiger partial charge in [0.2, 0.25) is 0 Å². The van der Waals surface area contributed by atoms with Crippen LogP contribution in [0.3, 0.4) is 0 Å². The molecule has 1 heterocycles. The second-order valence-electron chi connectivity index (χ2n) is 6.22. The normalized spacial score (nSPS) is 23.2. The lowest BCUT2D eigenvalue weighted by atomic mass is 9.80. The molecule has 0 aliphatic heterocycles. The Hall–Kier alpha value is -1.74. The number of hydrogen-bond acceptors (Lipinski definition) is 2. The van der Waals surface area contributed by atoms with E-state index in [-0.39, 0.29) is 11.9 Å². The molecule has 22 heavy (non-hydrogen) atoms. The minimum absolute atomic E-state index is 0.179. The van der Waals surface area contributed by atoms with E-state index in [1.165, 1.54) is 43.4 Å². The highest BCUT2D eigenvalue weighted by Crippen LogP contribution is 2.34. The summed E-state index contributed by atoms with van der Waals surface area (Å²) in [5.41, 5.74) is 2.46. The van der Waals surface area contributed by atoms with Crippen LogP contribution in [0.25, 0.3) is 0 Å². The largest absolute Gasteiger partial charge is 0.307 e. The van der Waals surface area contributed by atoms with E-state index < -0.39 is 0 Å². The summed E-state index contributed by atoms with van der Waals surface area (Å²) in [5, 5.41) is 3.75. The van der Waals surface area contributed by atoms with Crippen molar-refractivity contribution in [3.63, 3.8) is 0 Å². The van der Waals surface area contributed by atoms with Gasteiger partial charge in [-0.05, 0) is 49.1 Å². The van der Waals surface area contributed by atoms with E-state index in [0.29, 0.717) is 12.0 Å². The zero-order valence-corrected chi connectivity index (χ0v) is 13.0. The number of hydrogen-bond donors (Lipinski definition) is 1. The van der Waals surface area contributed by atoms with E-state index in [1.54, 1.807) is 0 Å². The zero-order valence-electron chi connectivity index (χ0n) is 13.0. The molecule has 1 aliphatic rings. The molecular weight excluding hydrogens is 275 g/mol. The average molecular weight is 298 g/mol. The number of rotatable bonds is 4. The van der Waals surface area contributed by atoms with Crippen molar-refractivity contribution < 1.29 is 4.39 Å². The van der Waals surface area contributed by atoms with Crippen LogP contribution in [0.15, 0.2) is 48.8 Å². The lowest BCUT2D eigenvalue weighted by Crippen LogP contribution is -2.38. The molecule has 1 fully saturated rings. The predicted octanol–water partition coefficient (Wildman–Crippen LogP) is 4.60. The third-order valence-electron chi connectivity index (χ3n) is 4.71. The fourth-order valence-electron chi connectivity index (χ4n) is 3.49. The van der Waals surface area contributed by atoms with Crippen LogP contribution in [0, 0.1) is 5.82 Å². The Bertz CT molecular complexity index is 582. The van der Waals surface area contributed by atoms with Gasteiger partial charge >= 0.3 is 0 Å². The van der Waals surface area contributed by atoms with Crippen molar-refractivity contribution in [2.24, 2.45) is 0 Å². The second kappa shape index (κ2) is 7.01. The average Bonchev–Trinajstić information content (AvgIpc) is 2.57. The third kappa shape index (κ3) is 3.53. The Morgan fingerprint density at radius 2 is 1.91 bits per heavy atom. The molecule has 1 aromatic carbocycles. The Kier molecular flexibility index (Phi) is 4.84. The molecule has 1 N–H and O–H groups in total. The quantitative estimate of drug-likeness (QED) is 0.892. The summed E-state index contributed by atoms with van der Waals surface area (Å²) in [7, 11) is 0. The topological polar surface area (TPSA) is 24.9 Å². The number of nitrogens with one attached hydrogen (secondary N) is 1. The molecule has 1 aliphatic carbocycles. The highest BCUT2D eigenvalue weighted by molar-refractivity contribution is 5.21. The summed E-state index contributed by atoms with van der Waals surface area (Å²) in [5.74, 6) is 0.340. The standard InChI is InChI=1S/C19H23FN2/c1-14(15-8-10-17(20)11-9-15)22-19-7-3-2-6-18(19)16-5-4-12-21-13-16/h4-5,8-14,18-19,22H,2-3,6-7H2,1H3/t14-,18-,19+/m1/s1. The van der Waals surface area contributed by atoms with Gasteiger partial charge in [-0.2, -0.15) is 0 Å². The molecule has 116 valence electrons. The van der Waals surface area contributed by atoms with Gasteiger partial charge in [0.25, 0.3) is 0 Å². The lowest BCUT2D eigenvalue weighted by molar-refractivity contribution is 0.305. The summed E-state index contributed by atoms with van der Waals surface area (Å²) in [4.78, 5) is 4.27. The van der Waals surface area contributed by atoms with Crippen LogP contribution >= 0.6 is 0 Å². The predicted molar refractivity (Wildman–Crippen MR) is 87.2 cm³/mol. The maximum atomic E-state index is 13.1. The molecule has 0 saturated heterocycles. The fourth-order valence-corrected chi connectivity index (χ4v) is 3.49. The van der Waals surface area contributed by atoms with Crippen molar-refractivity contribution in [2.45, 2.75) is 50.6 Å². The molecule has 3 rings (SSSR count). The van der Waals surface area contributed by atoms with Crippen molar-refractivity contribution in [2.75, 3.05) is 0 Å². The van der Waals surface area contributed by atoms with Gasteiger partial charge in [0.1, 0.15) is 5.82 Å². The molecule has 0 spiro atoms. The Morgan fingerprint density at radius 3 is 2.64 bits per heavy atom. The van der Waals surface area contributed by atoms with E-state index in [9.17, 15) is 4.39 Å². The lowest BCUT2D eigenvalue weighted by Gasteiger charge is -2.34. The number of halogens is 1. The van der Waals surface area contributed by atoms with Gasteiger partial charge in [-0.1, -0.05) is 31.0 Å². The van der Waals surface area contributed by atoms with E-state index in [0.717, 1.165) is 5.56 Å². The van der Waals surface area contributed by atoms with Crippen molar-refractivity contribution in [3.05, 3.63) is 65.7 Å². The molecule has 2 nitrogen and oxygen atoms in total. The third-order valence-corrected chi connectivity index (χ3v) is 4.71. The van der Waals surface area contributed by atoms with Crippen molar-refractivity contribution in [3.8, 4) is 0 Å². The first-order valence-electron chi connectivity index (χ1n) is 8.15. The van der Waals surface area contributed by atoms with Crippen LogP contribution in [0.1, 0.15) is 55.7 Å². The highest BCUT2D eigenvalue weighted by atomic mass is 19.1. The first-order chi connectivity index (χ1) is 10.7. The summed E-state index contributed by atoms with van der Waals surface area (Å²) < 4.78 is 13.1. The number of nitrogens with zero attached hydrogens (tertiary/aromatic N) is 1. The van der Waals surface area contributed by atoms with Crippen LogP contribution in [0.4, 0.5) is 4.39 Å². The SMILES string of the molecule is C[C@@H](N[C@H]1CCCC[C@@H]1c1cccnc1)c1ccc(F)cc1. The summed E-state index contributed by atoms with van der Waals surface area (Å²) in [6, 6.07) is 11.7. The minimum Gasteiger partial charge on any atom is -0.307 e. The molecule has 3 atom stereocenters. The molecule has 0 radical (unpaired) electrons. The minimum atomic E-state index is -0.179. The molecule has 3 heteroatoms. The van der Waals surface area contributed by atoms with Crippen LogP contribution in [0.2, 0.25) is 0 Å². The van der Waals surface area contributed by atoms with E-state index in [4.69, 9.17) is 0 Å². The smallest absolute Gasteiger partial charge is 0.123 e.